The van der Waals surface area contributed by atoms with E-state index in [0.717, 1.165) is 6.54 Å². The summed E-state index contributed by atoms with van der Waals surface area (Å²) in [5.41, 5.74) is 1.25. The molecule has 0 aliphatic rings. The minimum atomic E-state index is 1.08. The second-order valence-electron chi connectivity index (χ2n) is 3.41. The number of unbranched alkanes of at least 4 members (excludes halogenated alkanes) is 2. The smallest absolute Gasteiger partial charge is 0.0141 e. The molecule has 0 aliphatic carbocycles. The van der Waals surface area contributed by atoms with Crippen LogP contribution in [0.4, 0.5) is 0 Å². The molecule has 1 nitrogen and oxygen atoms in total. The van der Waals surface area contributed by atoms with Crippen LogP contribution in [-0.4, -0.2) is 6.54 Å². The molecule has 0 heterocycles. The predicted octanol–water partition coefficient (Wildman–Crippen LogP) is 3.44. The molecule has 14 heavy (non-hydrogen) atoms. The van der Waals surface area contributed by atoms with Crippen molar-refractivity contribution < 1.29 is 0 Å². The third kappa shape index (κ3) is 4.70. The molecule has 0 bridgehead atoms. The van der Waals surface area contributed by atoms with Gasteiger partial charge < -0.3 is 5.32 Å². The Labute approximate surface area is 86.8 Å². The molecule has 0 amide bonds. The van der Waals surface area contributed by atoms with E-state index in [4.69, 9.17) is 0 Å². The molecular formula is C13H19N. The molecular weight excluding hydrogens is 170 g/mol. The van der Waals surface area contributed by atoms with Crippen LogP contribution in [0.1, 0.15) is 31.7 Å². The molecule has 0 fully saturated rings. The maximum Gasteiger partial charge on any atom is 0.0141 e. The molecule has 1 N–H and O–H groups in total. The summed E-state index contributed by atoms with van der Waals surface area (Å²) in [5, 5.41) is 3.29. The maximum absolute atomic E-state index is 3.29. The van der Waals surface area contributed by atoms with Crippen LogP contribution in [0.3, 0.4) is 0 Å². The molecule has 0 aromatic heterocycles. The molecule has 0 atom stereocenters. The van der Waals surface area contributed by atoms with Crippen molar-refractivity contribution in [1.29, 1.82) is 0 Å². The fourth-order valence-electron chi connectivity index (χ4n) is 1.28. The van der Waals surface area contributed by atoms with Gasteiger partial charge in [0.05, 0.1) is 0 Å². The van der Waals surface area contributed by atoms with Gasteiger partial charge in [0.2, 0.25) is 0 Å². The minimum absolute atomic E-state index is 1.08. The van der Waals surface area contributed by atoms with Gasteiger partial charge in [-0.1, -0.05) is 50.1 Å². The summed E-state index contributed by atoms with van der Waals surface area (Å²) in [4.78, 5) is 0. The van der Waals surface area contributed by atoms with Crippen molar-refractivity contribution in [2.24, 2.45) is 0 Å². The highest BCUT2D eigenvalue weighted by Gasteiger charge is 1.83. The van der Waals surface area contributed by atoms with Crippen LogP contribution in [0.5, 0.6) is 0 Å². The second-order valence-corrected chi connectivity index (χ2v) is 3.41. The number of nitrogens with one attached hydrogen (secondary N) is 1. The molecule has 76 valence electrons. The van der Waals surface area contributed by atoms with Gasteiger partial charge in [-0.15, -0.1) is 0 Å². The summed E-state index contributed by atoms with van der Waals surface area (Å²) >= 11 is 0. The molecule has 0 saturated carbocycles. The van der Waals surface area contributed by atoms with Crippen LogP contribution < -0.4 is 5.32 Å². The van der Waals surface area contributed by atoms with Gasteiger partial charge >= 0.3 is 0 Å². The Kier molecular flexibility index (Phi) is 5.57. The van der Waals surface area contributed by atoms with Crippen LogP contribution in [-0.2, 0) is 0 Å². The summed E-state index contributed by atoms with van der Waals surface area (Å²) in [6.45, 7) is 3.30. The zero-order valence-electron chi connectivity index (χ0n) is 8.87. The lowest BCUT2D eigenvalue weighted by atomic mass is 10.2. The summed E-state index contributed by atoms with van der Waals surface area (Å²) in [6.07, 6.45) is 7.99. The topological polar surface area (TPSA) is 12.0 Å². The highest BCUT2D eigenvalue weighted by atomic mass is 14.8. The molecule has 1 aromatic carbocycles. The van der Waals surface area contributed by atoms with Gasteiger partial charge in [0.1, 0.15) is 0 Å². The highest BCUT2D eigenvalue weighted by molar-refractivity contribution is 5.48. The summed E-state index contributed by atoms with van der Waals surface area (Å²) in [5.74, 6) is 0. The van der Waals surface area contributed by atoms with E-state index in [0.29, 0.717) is 0 Å². The monoisotopic (exact) mass is 189 g/mol. The highest BCUT2D eigenvalue weighted by Crippen LogP contribution is 1.99. The molecule has 1 aromatic rings. The maximum atomic E-state index is 3.29. The van der Waals surface area contributed by atoms with E-state index >= 15 is 0 Å². The summed E-state index contributed by atoms with van der Waals surface area (Å²) < 4.78 is 0. The number of benzene rings is 1. The van der Waals surface area contributed by atoms with Crippen molar-refractivity contribution in [3.63, 3.8) is 0 Å². The van der Waals surface area contributed by atoms with Crippen molar-refractivity contribution in [1.82, 2.24) is 5.32 Å². The molecule has 0 aliphatic heterocycles. The first-order valence-corrected chi connectivity index (χ1v) is 5.38. The van der Waals surface area contributed by atoms with Crippen LogP contribution in [0.2, 0.25) is 0 Å². The van der Waals surface area contributed by atoms with E-state index in [-0.39, 0.29) is 0 Å². The predicted molar refractivity (Wildman–Crippen MR) is 63.0 cm³/mol. The summed E-state index contributed by atoms with van der Waals surface area (Å²) in [6, 6.07) is 10.3. The van der Waals surface area contributed by atoms with E-state index in [9.17, 15) is 0 Å². The van der Waals surface area contributed by atoms with Gasteiger partial charge in [-0.2, -0.15) is 0 Å². The van der Waals surface area contributed by atoms with Crippen molar-refractivity contribution in [2.45, 2.75) is 26.2 Å². The number of hydrogen-bond donors (Lipinski definition) is 1. The standard InChI is InChI=1S/C13H19N/c1-2-3-7-11-14-12-10-13-8-5-4-6-9-13/h4-6,8-10,12,14H,2-3,7,11H2,1H3. The van der Waals surface area contributed by atoms with Gasteiger partial charge in [-0.05, 0) is 24.3 Å². The average molecular weight is 189 g/mol. The Balaban J connectivity index is 2.15. The Morgan fingerprint density at radius 2 is 1.93 bits per heavy atom. The van der Waals surface area contributed by atoms with Crippen molar-refractivity contribution in [3.8, 4) is 0 Å². The average Bonchev–Trinajstić information content (AvgIpc) is 2.25. The van der Waals surface area contributed by atoms with Gasteiger partial charge in [-0.25, -0.2) is 0 Å². The molecule has 0 saturated heterocycles. The van der Waals surface area contributed by atoms with Gasteiger partial charge in [0, 0.05) is 6.54 Å². The fraction of sp³-hybridized carbons (Fsp3) is 0.385. The lowest BCUT2D eigenvalue weighted by Crippen LogP contribution is -2.05. The molecule has 0 spiro atoms. The Bertz CT molecular complexity index is 251. The number of hydrogen-bond acceptors (Lipinski definition) is 1. The van der Waals surface area contributed by atoms with Gasteiger partial charge in [0.15, 0.2) is 0 Å². The first-order valence-electron chi connectivity index (χ1n) is 5.38. The van der Waals surface area contributed by atoms with Crippen LogP contribution in [0.15, 0.2) is 36.5 Å². The van der Waals surface area contributed by atoms with E-state index in [1.165, 1.54) is 24.8 Å². The summed E-state index contributed by atoms with van der Waals surface area (Å²) in [7, 11) is 0. The van der Waals surface area contributed by atoms with E-state index < -0.39 is 0 Å². The molecule has 0 radical (unpaired) electrons. The van der Waals surface area contributed by atoms with Crippen molar-refractivity contribution >= 4 is 6.08 Å². The SMILES string of the molecule is CCCCCNC=Cc1ccccc1. The Hall–Kier alpha value is -1.24. The lowest BCUT2D eigenvalue weighted by Gasteiger charge is -1.98. The van der Waals surface area contributed by atoms with Crippen LogP contribution in [0, 0.1) is 0 Å². The van der Waals surface area contributed by atoms with Gasteiger partial charge in [0.25, 0.3) is 0 Å². The van der Waals surface area contributed by atoms with Crippen molar-refractivity contribution in [3.05, 3.63) is 42.1 Å². The quantitative estimate of drug-likeness (QED) is 0.676. The first-order chi connectivity index (χ1) is 6.93. The Morgan fingerprint density at radius 1 is 1.14 bits per heavy atom. The molecule has 0 unspecified atom stereocenters. The number of rotatable bonds is 6. The zero-order valence-corrected chi connectivity index (χ0v) is 8.87. The lowest BCUT2D eigenvalue weighted by molar-refractivity contribution is 0.684. The van der Waals surface area contributed by atoms with Crippen molar-refractivity contribution in [2.75, 3.05) is 6.54 Å². The van der Waals surface area contributed by atoms with E-state index in [1.807, 2.05) is 12.3 Å². The Morgan fingerprint density at radius 3 is 2.64 bits per heavy atom. The third-order valence-electron chi connectivity index (χ3n) is 2.12. The normalized spacial score (nSPS) is 10.6. The van der Waals surface area contributed by atoms with Gasteiger partial charge in [-0.3, -0.25) is 0 Å². The van der Waals surface area contributed by atoms with Crippen LogP contribution >= 0.6 is 0 Å². The minimum Gasteiger partial charge on any atom is -0.391 e. The van der Waals surface area contributed by atoms with E-state index in [2.05, 4.69) is 42.6 Å². The zero-order chi connectivity index (χ0) is 10.1. The third-order valence-corrected chi connectivity index (χ3v) is 2.12. The van der Waals surface area contributed by atoms with Crippen LogP contribution in [0.25, 0.3) is 6.08 Å². The fourth-order valence-corrected chi connectivity index (χ4v) is 1.28. The first kappa shape index (κ1) is 10.8. The second kappa shape index (κ2) is 7.19. The molecule has 1 heteroatoms. The molecule has 1 rings (SSSR count). The van der Waals surface area contributed by atoms with E-state index in [1.54, 1.807) is 0 Å². The largest absolute Gasteiger partial charge is 0.391 e.